The third-order valence-electron chi connectivity index (χ3n) is 1.76. The molecule has 0 bridgehead atoms. The summed E-state index contributed by atoms with van der Waals surface area (Å²) >= 11 is 0. The average Bonchev–Trinajstić information content (AvgIpc) is 2.31. The molecular weight excluding hydrogens is 298 g/mol. The SMILES string of the molecule is CC(=O)N[C@@H](C[S+](N=O)SC[C@H](N)C(=O)O)C(=O)[O-]. The van der Waals surface area contributed by atoms with Gasteiger partial charge >= 0.3 is 5.97 Å². The monoisotopic (exact) mass is 311 g/mol. The van der Waals surface area contributed by atoms with Crippen LogP contribution in [-0.2, 0) is 24.5 Å². The van der Waals surface area contributed by atoms with Crippen LogP contribution in [0.3, 0.4) is 0 Å². The van der Waals surface area contributed by atoms with Gasteiger partial charge in [-0.25, -0.2) is 0 Å². The molecule has 0 radical (unpaired) electrons. The molecule has 0 fully saturated rings. The molecule has 9 nitrogen and oxygen atoms in total. The first-order valence-corrected chi connectivity index (χ1v) is 7.77. The molecular formula is C8H13N3O6S2. The topological polar surface area (TPSA) is 162 Å². The summed E-state index contributed by atoms with van der Waals surface area (Å²) in [5.41, 5.74) is 5.23. The van der Waals surface area contributed by atoms with Crippen LogP contribution in [0.4, 0.5) is 0 Å². The first kappa shape index (κ1) is 17.7. The highest BCUT2D eigenvalue weighted by Crippen LogP contribution is 2.19. The lowest BCUT2D eigenvalue weighted by Crippen LogP contribution is -2.50. The number of carboxylic acids is 2. The molecule has 0 aliphatic carbocycles. The van der Waals surface area contributed by atoms with Crippen molar-refractivity contribution in [1.29, 1.82) is 0 Å². The van der Waals surface area contributed by atoms with Crippen LogP contribution < -0.4 is 16.2 Å². The van der Waals surface area contributed by atoms with Gasteiger partial charge in [0.25, 0.3) is 0 Å². The Hall–Kier alpha value is -1.33. The van der Waals surface area contributed by atoms with Gasteiger partial charge in [-0.3, -0.25) is 9.59 Å². The minimum atomic E-state index is -1.54. The van der Waals surface area contributed by atoms with Crippen LogP contribution in [0, 0.1) is 4.91 Å². The maximum atomic E-state index is 10.8. The van der Waals surface area contributed by atoms with E-state index in [2.05, 4.69) is 9.90 Å². The molecule has 0 aliphatic rings. The smallest absolute Gasteiger partial charge is 0.321 e. The number of rotatable bonds is 9. The maximum absolute atomic E-state index is 10.8. The molecule has 1 unspecified atom stereocenters. The Balaban J connectivity index is 4.43. The summed E-state index contributed by atoms with van der Waals surface area (Å²) in [6.45, 7) is 1.12. The molecule has 1 amide bonds. The summed E-state index contributed by atoms with van der Waals surface area (Å²) in [5, 5.41) is 21.4. The van der Waals surface area contributed by atoms with Gasteiger partial charge in [0.1, 0.15) is 22.9 Å². The summed E-state index contributed by atoms with van der Waals surface area (Å²) in [6.07, 6.45) is 0. The summed E-state index contributed by atoms with van der Waals surface area (Å²) < 4.78 is 2.70. The Morgan fingerprint density at radius 3 is 2.47 bits per heavy atom. The molecule has 0 aliphatic heterocycles. The number of nitroso groups, excluding NO2 is 1. The standard InChI is InChI=1S/C8H13N3O6S2/c1-4(12)10-6(8(15)16)3-19(11-17)18-2-5(9)7(13)14/h5-6H,2-3,9H2,1H3,(H2-,10,12,13,14,15,16)/t5-,6-,19?/m0/s1. The number of carbonyl (C=O) groups is 3. The fraction of sp³-hybridized carbons (Fsp3) is 0.625. The van der Waals surface area contributed by atoms with E-state index in [1.807, 2.05) is 0 Å². The number of hydrogen-bond acceptors (Lipinski definition) is 8. The predicted octanol–water partition coefficient (Wildman–Crippen LogP) is -2.40. The van der Waals surface area contributed by atoms with E-state index < -0.39 is 40.0 Å². The summed E-state index contributed by atoms with van der Waals surface area (Å²) in [5.74, 6) is -3.73. The van der Waals surface area contributed by atoms with Crippen molar-refractivity contribution >= 4 is 38.8 Å². The van der Waals surface area contributed by atoms with Crippen LogP contribution in [0.25, 0.3) is 0 Å². The number of carbonyl (C=O) groups excluding carboxylic acids is 2. The molecule has 19 heavy (non-hydrogen) atoms. The molecule has 0 aromatic heterocycles. The van der Waals surface area contributed by atoms with Gasteiger partial charge in [0.2, 0.25) is 16.0 Å². The normalized spacial score (nSPS) is 15.1. The Kier molecular flexibility index (Phi) is 8.11. The van der Waals surface area contributed by atoms with Crippen LogP contribution in [0.2, 0.25) is 0 Å². The minimum absolute atomic E-state index is 0.0932. The van der Waals surface area contributed by atoms with Crippen molar-refractivity contribution in [1.82, 2.24) is 5.32 Å². The van der Waals surface area contributed by atoms with Gasteiger partial charge in [-0.2, -0.15) is 0 Å². The Labute approximate surface area is 115 Å². The van der Waals surface area contributed by atoms with Crippen molar-refractivity contribution in [3.63, 3.8) is 0 Å². The largest absolute Gasteiger partial charge is 0.548 e. The molecule has 0 aromatic carbocycles. The fourth-order valence-electron chi connectivity index (χ4n) is 0.880. The highest BCUT2D eigenvalue weighted by Gasteiger charge is 2.31. The van der Waals surface area contributed by atoms with E-state index in [1.165, 1.54) is 0 Å². The van der Waals surface area contributed by atoms with Gasteiger partial charge in [-0.15, -0.1) is 0 Å². The highest BCUT2D eigenvalue weighted by atomic mass is 33.1. The van der Waals surface area contributed by atoms with Gasteiger partial charge < -0.3 is 26.1 Å². The van der Waals surface area contributed by atoms with E-state index in [1.54, 1.807) is 0 Å². The van der Waals surface area contributed by atoms with Crippen molar-refractivity contribution in [2.45, 2.75) is 19.0 Å². The molecule has 0 saturated heterocycles. The third kappa shape index (κ3) is 7.64. The second-order valence-corrected chi connectivity index (χ2v) is 6.92. The minimum Gasteiger partial charge on any atom is -0.548 e. The Morgan fingerprint density at radius 2 is 2.11 bits per heavy atom. The Morgan fingerprint density at radius 1 is 1.53 bits per heavy atom. The van der Waals surface area contributed by atoms with Crippen LogP contribution in [0.15, 0.2) is 4.58 Å². The quantitative estimate of drug-likeness (QED) is 0.241. The fourth-order valence-corrected chi connectivity index (χ4v) is 3.77. The van der Waals surface area contributed by atoms with Gasteiger partial charge in [-0.1, -0.05) is 4.91 Å². The number of nitrogens with one attached hydrogen (secondary N) is 1. The van der Waals surface area contributed by atoms with Crippen molar-refractivity contribution in [2.24, 2.45) is 10.3 Å². The van der Waals surface area contributed by atoms with Crippen molar-refractivity contribution in [2.75, 3.05) is 11.5 Å². The molecule has 3 atom stereocenters. The molecule has 0 aromatic rings. The predicted molar refractivity (Wildman–Crippen MR) is 68.7 cm³/mol. The number of carboxylic acid groups (broad SMARTS) is 2. The zero-order chi connectivity index (χ0) is 15.0. The first-order valence-electron chi connectivity index (χ1n) is 4.92. The average molecular weight is 311 g/mol. The van der Waals surface area contributed by atoms with Gasteiger partial charge in [0, 0.05) is 6.92 Å². The highest BCUT2D eigenvalue weighted by molar-refractivity contribution is 8.73. The lowest BCUT2D eigenvalue weighted by molar-refractivity contribution is -0.307. The number of hydrogen-bond donors (Lipinski definition) is 3. The molecule has 0 rings (SSSR count). The zero-order valence-corrected chi connectivity index (χ0v) is 11.5. The third-order valence-corrected chi connectivity index (χ3v) is 5.12. The van der Waals surface area contributed by atoms with Crippen molar-refractivity contribution in [3.05, 3.63) is 4.91 Å². The lowest BCUT2D eigenvalue weighted by Gasteiger charge is -2.15. The van der Waals surface area contributed by atoms with Gasteiger partial charge in [0.05, 0.1) is 11.7 Å². The van der Waals surface area contributed by atoms with E-state index >= 15 is 0 Å². The van der Waals surface area contributed by atoms with Gasteiger partial charge in [0.15, 0.2) is 10.3 Å². The summed E-state index contributed by atoms with van der Waals surface area (Å²) in [7, 11) is -0.497. The van der Waals surface area contributed by atoms with Crippen molar-refractivity contribution < 1.29 is 24.6 Å². The summed E-state index contributed by atoms with van der Waals surface area (Å²) in [4.78, 5) is 42.5. The molecule has 0 spiro atoms. The molecule has 0 saturated carbocycles. The van der Waals surface area contributed by atoms with Crippen LogP contribution in [0.1, 0.15) is 6.92 Å². The van der Waals surface area contributed by atoms with E-state index in [-0.39, 0.29) is 11.5 Å². The number of nitrogens with two attached hydrogens (primary N) is 1. The van der Waals surface area contributed by atoms with E-state index in [0.717, 1.165) is 17.7 Å². The number of aliphatic carboxylic acids is 2. The molecule has 108 valence electrons. The lowest BCUT2D eigenvalue weighted by atomic mass is 10.3. The van der Waals surface area contributed by atoms with Crippen LogP contribution >= 0.6 is 10.8 Å². The first-order chi connectivity index (χ1) is 8.77. The van der Waals surface area contributed by atoms with Gasteiger partial charge in [-0.05, 0) is 0 Å². The van der Waals surface area contributed by atoms with Crippen molar-refractivity contribution in [3.8, 4) is 0 Å². The van der Waals surface area contributed by atoms with Crippen LogP contribution in [0.5, 0.6) is 0 Å². The van der Waals surface area contributed by atoms with E-state index in [4.69, 9.17) is 10.8 Å². The molecule has 0 heterocycles. The second kappa shape index (κ2) is 8.72. The number of amides is 1. The Bertz CT molecular complexity index is 366. The summed E-state index contributed by atoms with van der Waals surface area (Å²) in [6, 6.07) is -2.53. The van der Waals surface area contributed by atoms with E-state index in [9.17, 15) is 24.4 Å². The maximum Gasteiger partial charge on any atom is 0.321 e. The second-order valence-electron chi connectivity index (χ2n) is 3.36. The molecule has 11 heteroatoms. The molecule has 4 N–H and O–H groups in total. The van der Waals surface area contributed by atoms with Crippen LogP contribution in [-0.4, -0.2) is 46.5 Å². The number of nitrogens with zero attached hydrogens (tertiary/aromatic N) is 1. The zero-order valence-electron chi connectivity index (χ0n) is 9.90. The van der Waals surface area contributed by atoms with E-state index in [0.29, 0.717) is 0 Å².